The lowest BCUT2D eigenvalue weighted by atomic mass is 9.98. The van der Waals surface area contributed by atoms with E-state index in [1.807, 2.05) is 17.2 Å². The van der Waals surface area contributed by atoms with Crippen LogP contribution in [0.3, 0.4) is 0 Å². The van der Waals surface area contributed by atoms with E-state index in [4.69, 9.17) is 0 Å². The zero-order valence-electron chi connectivity index (χ0n) is 22.7. The zero-order chi connectivity index (χ0) is 25.9. The molecular formula is C31H39N5O. The molecule has 2 aromatic carbocycles. The summed E-state index contributed by atoms with van der Waals surface area (Å²) in [4.78, 5) is 27.5. The number of aromatic nitrogens is 1. The number of aryl methyl sites for hydroxylation is 4. The van der Waals surface area contributed by atoms with Gasteiger partial charge in [0.2, 0.25) is 0 Å². The van der Waals surface area contributed by atoms with E-state index in [0.717, 1.165) is 75.8 Å². The van der Waals surface area contributed by atoms with Crippen molar-refractivity contribution in [2.75, 3.05) is 62.2 Å². The summed E-state index contributed by atoms with van der Waals surface area (Å²) in [6.45, 7) is 16.6. The summed E-state index contributed by atoms with van der Waals surface area (Å²) in [5, 5.41) is 0. The van der Waals surface area contributed by atoms with Crippen LogP contribution in [-0.2, 0) is 6.54 Å². The number of pyridine rings is 1. The molecule has 0 bridgehead atoms. The second-order valence-electron chi connectivity index (χ2n) is 10.6. The molecule has 0 unspecified atom stereocenters. The lowest BCUT2D eigenvalue weighted by Crippen LogP contribution is -2.49. The van der Waals surface area contributed by atoms with Gasteiger partial charge < -0.3 is 14.7 Å². The highest BCUT2D eigenvalue weighted by atomic mass is 16.2. The molecule has 2 aliphatic heterocycles. The fraction of sp³-hybridized carbons (Fsp3) is 0.419. The molecule has 2 aliphatic rings. The van der Waals surface area contributed by atoms with Gasteiger partial charge in [-0.1, -0.05) is 30.3 Å². The fourth-order valence-electron chi connectivity index (χ4n) is 5.70. The van der Waals surface area contributed by atoms with Crippen LogP contribution in [0.25, 0.3) is 0 Å². The molecule has 0 atom stereocenters. The van der Waals surface area contributed by atoms with Gasteiger partial charge in [0.1, 0.15) is 5.82 Å². The van der Waals surface area contributed by atoms with Crippen molar-refractivity contribution in [2.45, 2.75) is 34.2 Å². The maximum absolute atomic E-state index is 13.6. The largest absolute Gasteiger partial charge is 0.368 e. The second kappa shape index (κ2) is 10.9. The van der Waals surface area contributed by atoms with Gasteiger partial charge >= 0.3 is 0 Å². The average Bonchev–Trinajstić information content (AvgIpc) is 2.91. The molecule has 0 spiro atoms. The van der Waals surface area contributed by atoms with E-state index in [-0.39, 0.29) is 5.91 Å². The Morgan fingerprint density at radius 1 is 0.730 bits per heavy atom. The summed E-state index contributed by atoms with van der Waals surface area (Å²) in [6, 6.07) is 17.0. The Hall–Kier alpha value is -3.38. The van der Waals surface area contributed by atoms with Crippen molar-refractivity contribution in [1.82, 2.24) is 14.8 Å². The summed E-state index contributed by atoms with van der Waals surface area (Å²) in [7, 11) is 0. The highest BCUT2D eigenvalue weighted by Gasteiger charge is 2.25. The van der Waals surface area contributed by atoms with Crippen molar-refractivity contribution in [3.63, 3.8) is 0 Å². The number of amides is 1. The number of benzene rings is 2. The smallest absolute Gasteiger partial charge is 0.254 e. The van der Waals surface area contributed by atoms with Gasteiger partial charge in [-0.25, -0.2) is 4.98 Å². The lowest BCUT2D eigenvalue weighted by molar-refractivity contribution is 0.0746. The van der Waals surface area contributed by atoms with E-state index in [0.29, 0.717) is 0 Å². The van der Waals surface area contributed by atoms with Crippen LogP contribution >= 0.6 is 0 Å². The Balaban J connectivity index is 1.22. The second-order valence-corrected chi connectivity index (χ2v) is 10.6. The third kappa shape index (κ3) is 5.49. The molecule has 2 saturated heterocycles. The molecule has 6 heteroatoms. The van der Waals surface area contributed by atoms with Crippen molar-refractivity contribution in [1.29, 1.82) is 0 Å². The third-order valence-corrected chi connectivity index (χ3v) is 7.98. The zero-order valence-corrected chi connectivity index (χ0v) is 22.7. The maximum Gasteiger partial charge on any atom is 0.254 e. The molecule has 3 aromatic rings. The highest BCUT2D eigenvalue weighted by Crippen LogP contribution is 2.24. The van der Waals surface area contributed by atoms with Crippen LogP contribution < -0.4 is 9.80 Å². The van der Waals surface area contributed by atoms with Crippen molar-refractivity contribution in [2.24, 2.45) is 0 Å². The van der Waals surface area contributed by atoms with E-state index in [1.54, 1.807) is 0 Å². The van der Waals surface area contributed by atoms with Crippen LogP contribution in [-0.4, -0.2) is 73.0 Å². The summed E-state index contributed by atoms with van der Waals surface area (Å²) in [5.74, 6) is 1.27. The number of rotatable bonds is 5. The summed E-state index contributed by atoms with van der Waals surface area (Å²) < 4.78 is 0. The number of nitrogens with zero attached hydrogens (tertiary/aromatic N) is 5. The number of hydrogen-bond acceptors (Lipinski definition) is 5. The Morgan fingerprint density at radius 2 is 1.41 bits per heavy atom. The summed E-state index contributed by atoms with van der Waals surface area (Å²) in [6.07, 6.45) is 1.88. The van der Waals surface area contributed by atoms with Gasteiger partial charge in [0, 0.05) is 76.4 Å². The highest BCUT2D eigenvalue weighted by molar-refractivity contribution is 5.96. The molecule has 1 amide bonds. The first-order chi connectivity index (χ1) is 17.9. The minimum Gasteiger partial charge on any atom is -0.368 e. The van der Waals surface area contributed by atoms with Crippen LogP contribution in [0.4, 0.5) is 11.5 Å². The molecule has 0 radical (unpaired) electrons. The first-order valence-corrected chi connectivity index (χ1v) is 13.5. The molecule has 1 aromatic heterocycles. The first kappa shape index (κ1) is 25.3. The Kier molecular flexibility index (Phi) is 7.47. The number of hydrogen-bond donors (Lipinski definition) is 0. The predicted molar refractivity (Wildman–Crippen MR) is 152 cm³/mol. The normalized spacial score (nSPS) is 16.8. The van der Waals surface area contributed by atoms with Crippen molar-refractivity contribution in [3.8, 4) is 0 Å². The van der Waals surface area contributed by atoms with E-state index >= 15 is 0 Å². The molecule has 6 nitrogen and oxygen atoms in total. The Morgan fingerprint density at radius 3 is 2.11 bits per heavy atom. The van der Waals surface area contributed by atoms with E-state index in [9.17, 15) is 4.79 Å². The van der Waals surface area contributed by atoms with Crippen molar-refractivity contribution >= 4 is 17.4 Å². The molecule has 0 saturated carbocycles. The molecule has 3 heterocycles. The van der Waals surface area contributed by atoms with Gasteiger partial charge in [0.25, 0.3) is 5.91 Å². The first-order valence-electron chi connectivity index (χ1n) is 13.5. The van der Waals surface area contributed by atoms with E-state index in [2.05, 4.69) is 89.8 Å². The van der Waals surface area contributed by atoms with Gasteiger partial charge in [-0.15, -0.1) is 0 Å². The summed E-state index contributed by atoms with van der Waals surface area (Å²) >= 11 is 0. The molecule has 37 heavy (non-hydrogen) atoms. The monoisotopic (exact) mass is 497 g/mol. The average molecular weight is 498 g/mol. The standard InChI is InChI=1S/C31H39N5O/c1-23-8-5-6-10-29(23)34-16-18-36(19-17-34)31(37)28-21-27(25(3)20-26(28)4)22-33-12-14-35(15-13-33)30-24(2)9-7-11-32-30/h5-11,20-21H,12-19,22H2,1-4H3. The van der Waals surface area contributed by atoms with Crippen molar-refractivity contribution in [3.05, 3.63) is 88.1 Å². The molecule has 5 rings (SSSR count). The molecule has 2 fully saturated rings. The molecular weight excluding hydrogens is 458 g/mol. The van der Waals surface area contributed by atoms with E-state index in [1.165, 1.54) is 27.9 Å². The number of piperazine rings is 2. The van der Waals surface area contributed by atoms with Crippen molar-refractivity contribution < 1.29 is 4.79 Å². The molecule has 0 aliphatic carbocycles. The van der Waals surface area contributed by atoms with Gasteiger partial charge in [-0.2, -0.15) is 0 Å². The Labute approximate surface area is 221 Å². The fourth-order valence-corrected chi connectivity index (χ4v) is 5.70. The third-order valence-electron chi connectivity index (χ3n) is 7.98. The quantitative estimate of drug-likeness (QED) is 0.516. The van der Waals surface area contributed by atoms with Gasteiger partial charge in [0.15, 0.2) is 0 Å². The topological polar surface area (TPSA) is 42.9 Å². The van der Waals surface area contributed by atoms with Gasteiger partial charge in [-0.3, -0.25) is 9.69 Å². The van der Waals surface area contributed by atoms with E-state index < -0.39 is 0 Å². The van der Waals surface area contributed by atoms with Gasteiger partial charge in [0.05, 0.1) is 0 Å². The minimum atomic E-state index is 0.165. The van der Waals surface area contributed by atoms with Crippen LogP contribution in [0.15, 0.2) is 54.7 Å². The maximum atomic E-state index is 13.6. The Bertz CT molecular complexity index is 1260. The predicted octanol–water partition coefficient (Wildman–Crippen LogP) is 4.60. The number of carbonyl (C=O) groups excluding carboxylic acids is 1. The SMILES string of the molecule is Cc1cc(C)c(C(=O)N2CCN(c3ccccc3C)CC2)cc1CN1CCN(c2ncccc2C)CC1. The lowest BCUT2D eigenvalue weighted by Gasteiger charge is -2.37. The number of anilines is 2. The number of para-hydroxylation sites is 1. The van der Waals surface area contributed by atoms with Gasteiger partial charge in [-0.05, 0) is 73.7 Å². The van der Waals surface area contributed by atoms with Crippen LogP contribution in [0.5, 0.6) is 0 Å². The minimum absolute atomic E-state index is 0.165. The molecule has 0 N–H and O–H groups in total. The van der Waals surface area contributed by atoms with Crippen LogP contribution in [0.1, 0.15) is 38.2 Å². The van der Waals surface area contributed by atoms with Crippen LogP contribution in [0.2, 0.25) is 0 Å². The van der Waals surface area contributed by atoms with Crippen LogP contribution in [0, 0.1) is 27.7 Å². The molecule has 194 valence electrons. The summed E-state index contributed by atoms with van der Waals surface area (Å²) in [5.41, 5.74) is 8.25. The number of carbonyl (C=O) groups is 1.